The highest BCUT2D eigenvalue weighted by Crippen LogP contribution is 2.22. The van der Waals surface area contributed by atoms with Gasteiger partial charge in [-0.25, -0.2) is 4.98 Å². The maximum Gasteiger partial charge on any atom is 0.194 e. The zero-order valence-electron chi connectivity index (χ0n) is 14.6. The van der Waals surface area contributed by atoms with Gasteiger partial charge in [0.25, 0.3) is 0 Å². The number of hydrogen-bond donors (Lipinski definition) is 0. The van der Waals surface area contributed by atoms with E-state index in [0.717, 1.165) is 27.5 Å². The summed E-state index contributed by atoms with van der Waals surface area (Å²) in [5.74, 6) is -0.00841. The van der Waals surface area contributed by atoms with Crippen LogP contribution in [-0.2, 0) is 0 Å². The van der Waals surface area contributed by atoms with Gasteiger partial charge in [0, 0.05) is 16.6 Å². The number of aryl methyl sites for hydroxylation is 2. The summed E-state index contributed by atoms with van der Waals surface area (Å²) < 4.78 is 2.04. The Labute approximate surface area is 156 Å². The second-order valence-corrected chi connectivity index (χ2v) is 7.43. The molecule has 0 spiro atoms. The molecule has 4 aromatic rings. The maximum absolute atomic E-state index is 12.5. The number of carbonyl (C=O) groups excluding carboxylic acids is 1. The van der Waals surface area contributed by atoms with Gasteiger partial charge < -0.3 is 0 Å². The molecule has 0 aliphatic heterocycles. The van der Waals surface area contributed by atoms with Crippen molar-refractivity contribution in [1.82, 2.24) is 9.38 Å². The van der Waals surface area contributed by atoms with Gasteiger partial charge >= 0.3 is 0 Å². The number of rotatable bonds is 4. The molecule has 2 aromatic heterocycles. The molecule has 0 saturated carbocycles. The smallest absolute Gasteiger partial charge is 0.194 e. The molecule has 0 aliphatic carbocycles. The van der Waals surface area contributed by atoms with Crippen LogP contribution < -0.4 is 0 Å². The van der Waals surface area contributed by atoms with E-state index in [2.05, 4.69) is 30.2 Å². The number of carbonyl (C=O) groups is 1. The van der Waals surface area contributed by atoms with Crippen LogP contribution in [0.1, 0.15) is 26.6 Å². The molecule has 4 rings (SSSR count). The predicted octanol–water partition coefficient (Wildman–Crippen LogP) is 5.58. The fourth-order valence-electron chi connectivity index (χ4n) is 2.99. The Balaban J connectivity index is 1.57. The predicted molar refractivity (Wildman–Crippen MR) is 108 cm³/mol. The lowest BCUT2D eigenvalue weighted by molar-refractivity contribution is 0.104. The number of aromatic nitrogens is 2. The number of hydrogen-bond acceptors (Lipinski definition) is 3. The molecule has 0 bridgehead atoms. The third-order valence-electron chi connectivity index (χ3n) is 4.33. The van der Waals surface area contributed by atoms with E-state index in [0.29, 0.717) is 5.56 Å². The summed E-state index contributed by atoms with van der Waals surface area (Å²) in [6.45, 7) is 4.02. The van der Waals surface area contributed by atoms with Crippen molar-refractivity contribution in [1.29, 1.82) is 0 Å². The lowest BCUT2D eigenvalue weighted by atomic mass is 10.0. The number of nitrogens with zero attached hydrogens (tertiary/aromatic N) is 2. The first-order valence-electron chi connectivity index (χ1n) is 8.45. The van der Waals surface area contributed by atoms with Crippen LogP contribution >= 0.6 is 11.3 Å². The molecule has 26 heavy (non-hydrogen) atoms. The van der Waals surface area contributed by atoms with Crippen molar-refractivity contribution in [2.24, 2.45) is 0 Å². The van der Waals surface area contributed by atoms with Gasteiger partial charge in [-0.15, -0.1) is 11.3 Å². The van der Waals surface area contributed by atoms with E-state index in [1.54, 1.807) is 17.4 Å². The monoisotopic (exact) mass is 358 g/mol. The summed E-state index contributed by atoms with van der Waals surface area (Å²) in [7, 11) is 0. The molecule has 0 radical (unpaired) electrons. The number of imidazole rings is 1. The highest BCUT2D eigenvalue weighted by molar-refractivity contribution is 7.17. The van der Waals surface area contributed by atoms with Crippen LogP contribution in [0.3, 0.4) is 0 Å². The third kappa shape index (κ3) is 3.11. The van der Waals surface area contributed by atoms with Crippen LogP contribution in [0.2, 0.25) is 0 Å². The minimum absolute atomic E-state index is 0.00841. The molecule has 0 saturated heterocycles. The Morgan fingerprint density at radius 3 is 2.42 bits per heavy atom. The molecule has 0 aliphatic rings. The second-order valence-electron chi connectivity index (χ2n) is 6.22. The summed E-state index contributed by atoms with van der Waals surface area (Å²) in [5, 5.41) is 0. The number of thiazole rings is 1. The molecule has 0 fully saturated rings. The van der Waals surface area contributed by atoms with E-state index in [1.807, 2.05) is 59.9 Å². The van der Waals surface area contributed by atoms with Crippen LogP contribution in [0.25, 0.3) is 22.2 Å². The van der Waals surface area contributed by atoms with Gasteiger partial charge in [-0.2, -0.15) is 0 Å². The van der Waals surface area contributed by atoms with Crippen molar-refractivity contribution >= 4 is 28.2 Å². The Kier molecular flexibility index (Phi) is 4.27. The quantitative estimate of drug-likeness (QED) is 0.353. The lowest BCUT2D eigenvalue weighted by Crippen LogP contribution is -1.94. The zero-order valence-corrected chi connectivity index (χ0v) is 15.5. The third-order valence-corrected chi connectivity index (χ3v) is 5.23. The van der Waals surface area contributed by atoms with Gasteiger partial charge in [0.15, 0.2) is 10.7 Å². The molecule has 0 amide bonds. The average molecular weight is 358 g/mol. The number of ketones is 1. The SMILES string of the molecule is Cc1cn2c(/C=C/C(=O)c3ccc(-c4ccccc4)cc3)c(C)nc2s1. The molecule has 2 heterocycles. The van der Waals surface area contributed by atoms with Crippen LogP contribution in [0.4, 0.5) is 0 Å². The Bertz CT molecular complexity index is 1100. The van der Waals surface area contributed by atoms with Crippen LogP contribution in [-0.4, -0.2) is 15.2 Å². The summed E-state index contributed by atoms with van der Waals surface area (Å²) >= 11 is 1.65. The second kappa shape index (κ2) is 6.73. The molecule has 3 nitrogen and oxygen atoms in total. The van der Waals surface area contributed by atoms with Crippen molar-refractivity contribution < 1.29 is 4.79 Å². The first kappa shape index (κ1) is 16.5. The highest BCUT2D eigenvalue weighted by atomic mass is 32.1. The standard InChI is InChI=1S/C22H18N2OS/c1-15-14-24-20(16(2)23-22(24)26-15)12-13-21(25)19-10-8-18(9-11-19)17-6-4-3-5-7-17/h3-14H,1-2H3/b13-12+. The summed E-state index contributed by atoms with van der Waals surface area (Å²) in [6.07, 6.45) is 5.54. The normalized spacial score (nSPS) is 11.5. The van der Waals surface area contributed by atoms with E-state index < -0.39 is 0 Å². The molecule has 0 atom stereocenters. The average Bonchev–Trinajstić information content (AvgIpc) is 3.15. The Morgan fingerprint density at radius 1 is 1.00 bits per heavy atom. The highest BCUT2D eigenvalue weighted by Gasteiger charge is 2.09. The van der Waals surface area contributed by atoms with Crippen molar-refractivity contribution in [3.8, 4) is 11.1 Å². The first-order valence-corrected chi connectivity index (χ1v) is 9.26. The molecule has 128 valence electrons. The van der Waals surface area contributed by atoms with Gasteiger partial charge in [0.05, 0.1) is 11.4 Å². The topological polar surface area (TPSA) is 34.4 Å². The fraction of sp³-hybridized carbons (Fsp3) is 0.0909. The van der Waals surface area contributed by atoms with Crippen molar-refractivity contribution in [2.45, 2.75) is 13.8 Å². The van der Waals surface area contributed by atoms with E-state index in [4.69, 9.17) is 0 Å². The number of benzene rings is 2. The largest absolute Gasteiger partial charge is 0.290 e. The van der Waals surface area contributed by atoms with E-state index >= 15 is 0 Å². The lowest BCUT2D eigenvalue weighted by Gasteiger charge is -2.02. The minimum Gasteiger partial charge on any atom is -0.290 e. The van der Waals surface area contributed by atoms with Crippen molar-refractivity contribution in [3.63, 3.8) is 0 Å². The molecular weight excluding hydrogens is 340 g/mol. The maximum atomic E-state index is 12.5. The molecule has 0 unspecified atom stereocenters. The zero-order chi connectivity index (χ0) is 18.1. The Morgan fingerprint density at radius 2 is 1.69 bits per heavy atom. The molecule has 0 N–H and O–H groups in total. The van der Waals surface area contributed by atoms with E-state index in [-0.39, 0.29) is 5.78 Å². The van der Waals surface area contributed by atoms with Gasteiger partial charge in [-0.3, -0.25) is 9.20 Å². The van der Waals surface area contributed by atoms with Gasteiger partial charge in [0.1, 0.15) is 0 Å². The van der Waals surface area contributed by atoms with Crippen LogP contribution in [0.15, 0.2) is 66.9 Å². The van der Waals surface area contributed by atoms with Crippen LogP contribution in [0, 0.1) is 13.8 Å². The van der Waals surface area contributed by atoms with Crippen molar-refractivity contribution in [3.05, 3.63) is 88.7 Å². The van der Waals surface area contributed by atoms with Crippen molar-refractivity contribution in [2.75, 3.05) is 0 Å². The van der Waals surface area contributed by atoms with E-state index in [9.17, 15) is 4.79 Å². The molecular formula is C22H18N2OS. The Hall–Kier alpha value is -2.98. The minimum atomic E-state index is -0.00841. The molecule has 2 aromatic carbocycles. The van der Waals surface area contributed by atoms with Crippen LogP contribution in [0.5, 0.6) is 0 Å². The first-order chi connectivity index (χ1) is 12.6. The number of allylic oxidation sites excluding steroid dienone is 1. The van der Waals surface area contributed by atoms with Gasteiger partial charge in [0.2, 0.25) is 0 Å². The van der Waals surface area contributed by atoms with Gasteiger partial charge in [-0.1, -0.05) is 54.6 Å². The van der Waals surface area contributed by atoms with E-state index in [1.165, 1.54) is 4.88 Å². The van der Waals surface area contributed by atoms with Gasteiger partial charge in [-0.05, 0) is 37.1 Å². The summed E-state index contributed by atoms with van der Waals surface area (Å²) in [4.78, 5) is 19.2. The molecule has 4 heteroatoms. The summed E-state index contributed by atoms with van der Waals surface area (Å²) in [5.41, 5.74) is 4.82. The number of fused-ring (bicyclic) bond motifs is 1. The summed E-state index contributed by atoms with van der Waals surface area (Å²) in [6, 6.07) is 17.9. The fourth-order valence-corrected chi connectivity index (χ4v) is 3.87.